The molecule has 0 fully saturated rings. The Morgan fingerprint density at radius 2 is 1.17 bits per heavy atom. The molecule has 4 heteroatoms. The average Bonchev–Trinajstić information content (AvgIpc) is 3.74. The molecule has 0 atom stereocenters. The molecule has 1 aliphatic heterocycles. The lowest BCUT2D eigenvalue weighted by Gasteiger charge is -2.37. The predicted octanol–water partition coefficient (Wildman–Crippen LogP) is 14.6. The highest BCUT2D eigenvalue weighted by atomic mass is 15.2. The minimum Gasteiger partial charge on any atom is -0.311 e. The number of hydrogen-bond acceptors (Lipinski definition) is 3. The van der Waals surface area contributed by atoms with Gasteiger partial charge in [-0.2, -0.15) is 0 Å². The first-order chi connectivity index (χ1) is 28.6. The smallest absolute Gasteiger partial charge is 0.0787 e. The molecule has 0 spiro atoms. The van der Waals surface area contributed by atoms with E-state index in [0.717, 1.165) is 34.1 Å². The summed E-state index contributed by atoms with van der Waals surface area (Å²) in [7, 11) is 0. The summed E-state index contributed by atoms with van der Waals surface area (Å²) in [4.78, 5) is 9.94. The maximum Gasteiger partial charge on any atom is 0.0787 e. The van der Waals surface area contributed by atoms with Crippen molar-refractivity contribution in [2.75, 3.05) is 9.80 Å². The Bertz CT molecular complexity index is 3230. The topological polar surface area (TPSA) is 24.3 Å². The number of anilines is 6. The fourth-order valence-corrected chi connectivity index (χ4v) is 9.91. The molecule has 2 aromatic heterocycles. The number of nitrogens with zero attached hydrogens (tertiary/aromatic N) is 4. The molecule has 8 aromatic carbocycles. The van der Waals surface area contributed by atoms with Gasteiger partial charge in [0.15, 0.2) is 0 Å². The third-order valence-corrected chi connectivity index (χ3v) is 12.5. The van der Waals surface area contributed by atoms with Crippen LogP contribution in [-0.4, -0.2) is 9.55 Å². The molecule has 0 amide bonds. The van der Waals surface area contributed by atoms with Crippen molar-refractivity contribution in [1.29, 1.82) is 0 Å². The molecule has 0 bridgehead atoms. The monoisotopic (exact) mass is 742 g/mol. The van der Waals surface area contributed by atoms with Crippen LogP contribution in [0.2, 0.25) is 0 Å². The summed E-state index contributed by atoms with van der Waals surface area (Å²) in [6.45, 7) is 4.74. The molecule has 2 aliphatic rings. The maximum atomic E-state index is 5.07. The molecule has 4 nitrogen and oxygen atoms in total. The highest BCUT2D eigenvalue weighted by Crippen LogP contribution is 2.60. The molecular formula is C54H38N4. The first-order valence-electron chi connectivity index (χ1n) is 20.1. The fraction of sp³-hybridized carbons (Fsp3) is 0.0556. The summed E-state index contributed by atoms with van der Waals surface area (Å²) in [6, 6.07) is 68.3. The van der Waals surface area contributed by atoms with Crippen molar-refractivity contribution < 1.29 is 0 Å². The van der Waals surface area contributed by atoms with E-state index in [-0.39, 0.29) is 5.41 Å². The number of para-hydroxylation sites is 3. The van der Waals surface area contributed by atoms with Crippen LogP contribution in [0.1, 0.15) is 25.0 Å². The Morgan fingerprint density at radius 3 is 1.95 bits per heavy atom. The van der Waals surface area contributed by atoms with Gasteiger partial charge >= 0.3 is 0 Å². The van der Waals surface area contributed by atoms with Crippen LogP contribution < -0.4 is 9.80 Å². The summed E-state index contributed by atoms with van der Waals surface area (Å²) in [6.07, 6.45) is 1.94. The number of benzene rings is 8. The SMILES string of the molecule is CC1(C)c2cccnc2-c2cc3c4c5ccccc5ccc4n4c3c(c21)N(c1ccc(N(c2ccccc2)c2ccc(-c3ccccc3)cc2)cc1)c1ccccc1-4. The zero-order chi connectivity index (χ0) is 38.5. The van der Waals surface area contributed by atoms with Crippen molar-refractivity contribution in [3.05, 3.63) is 205 Å². The van der Waals surface area contributed by atoms with Gasteiger partial charge in [-0.15, -0.1) is 0 Å². The lowest BCUT2D eigenvalue weighted by atomic mass is 9.80. The van der Waals surface area contributed by atoms with Crippen LogP contribution in [0.5, 0.6) is 0 Å². The molecule has 0 radical (unpaired) electrons. The van der Waals surface area contributed by atoms with E-state index >= 15 is 0 Å². The van der Waals surface area contributed by atoms with Crippen LogP contribution in [0.3, 0.4) is 0 Å². The Hall–Kier alpha value is -7.43. The molecule has 0 N–H and O–H groups in total. The molecule has 274 valence electrons. The summed E-state index contributed by atoms with van der Waals surface area (Å²) >= 11 is 0. The van der Waals surface area contributed by atoms with Gasteiger partial charge in [-0.3, -0.25) is 4.98 Å². The predicted molar refractivity (Wildman–Crippen MR) is 242 cm³/mol. The van der Waals surface area contributed by atoms with Crippen molar-refractivity contribution >= 4 is 66.7 Å². The van der Waals surface area contributed by atoms with Crippen LogP contribution in [0.15, 0.2) is 194 Å². The molecule has 12 rings (SSSR count). The van der Waals surface area contributed by atoms with Crippen LogP contribution in [-0.2, 0) is 5.41 Å². The molecular weight excluding hydrogens is 705 g/mol. The number of fused-ring (bicyclic) bond motifs is 11. The highest BCUT2D eigenvalue weighted by Gasteiger charge is 2.43. The molecule has 3 heterocycles. The first-order valence-corrected chi connectivity index (χ1v) is 20.1. The van der Waals surface area contributed by atoms with Crippen molar-refractivity contribution in [3.8, 4) is 28.1 Å². The summed E-state index contributed by atoms with van der Waals surface area (Å²) < 4.78 is 2.52. The largest absolute Gasteiger partial charge is 0.311 e. The van der Waals surface area contributed by atoms with Crippen LogP contribution >= 0.6 is 0 Å². The molecule has 0 saturated heterocycles. The van der Waals surface area contributed by atoms with E-state index < -0.39 is 0 Å². The number of rotatable bonds is 5. The number of pyridine rings is 1. The van der Waals surface area contributed by atoms with Gasteiger partial charge in [-0.05, 0) is 112 Å². The summed E-state index contributed by atoms with van der Waals surface area (Å²) in [5.41, 5.74) is 17.4. The second-order valence-corrected chi connectivity index (χ2v) is 16.0. The quantitative estimate of drug-likeness (QED) is 0.175. The molecule has 0 unspecified atom stereocenters. The average molecular weight is 743 g/mol. The Labute approximate surface area is 337 Å². The van der Waals surface area contributed by atoms with E-state index in [4.69, 9.17) is 4.98 Å². The van der Waals surface area contributed by atoms with Crippen LogP contribution in [0.4, 0.5) is 34.1 Å². The molecule has 1 aliphatic carbocycles. The standard InChI is InChI=1S/C54H38N4/c1-54(2)45-20-13-33-55-51(45)44-34-43-49-42-19-10-9-16-37(42)25-32-48(49)58-47-22-12-11-21-46(47)57(53(50(44)54)52(43)58)41-30-28-40(29-31-41)56(38-17-7-4-8-18-38)39-26-23-36(24-27-39)35-14-5-3-6-15-35/h3-34H,1-2H3. The highest BCUT2D eigenvalue weighted by molar-refractivity contribution is 6.26. The molecule has 10 aromatic rings. The van der Waals surface area contributed by atoms with Gasteiger partial charge in [0.25, 0.3) is 0 Å². The molecule has 58 heavy (non-hydrogen) atoms. The van der Waals surface area contributed by atoms with Gasteiger partial charge in [-0.1, -0.05) is 123 Å². The van der Waals surface area contributed by atoms with Gasteiger partial charge in [0.1, 0.15) is 0 Å². The third kappa shape index (κ3) is 4.60. The van der Waals surface area contributed by atoms with E-state index in [0.29, 0.717) is 0 Å². The minimum atomic E-state index is -0.285. The second-order valence-electron chi connectivity index (χ2n) is 16.0. The number of aromatic nitrogens is 2. The van der Waals surface area contributed by atoms with Crippen molar-refractivity contribution in [1.82, 2.24) is 9.55 Å². The lowest BCUT2D eigenvalue weighted by Crippen LogP contribution is -2.24. The van der Waals surface area contributed by atoms with E-state index in [1.165, 1.54) is 71.8 Å². The van der Waals surface area contributed by atoms with E-state index in [1.807, 2.05) is 6.20 Å². The Morgan fingerprint density at radius 1 is 0.534 bits per heavy atom. The van der Waals surface area contributed by atoms with Gasteiger partial charge in [0, 0.05) is 50.7 Å². The van der Waals surface area contributed by atoms with Gasteiger partial charge in [0.2, 0.25) is 0 Å². The van der Waals surface area contributed by atoms with Crippen molar-refractivity contribution in [2.45, 2.75) is 19.3 Å². The van der Waals surface area contributed by atoms with Crippen LogP contribution in [0.25, 0.3) is 60.6 Å². The van der Waals surface area contributed by atoms with E-state index in [1.54, 1.807) is 0 Å². The molecule has 0 saturated carbocycles. The first kappa shape index (κ1) is 32.8. The van der Waals surface area contributed by atoms with E-state index in [2.05, 4.69) is 216 Å². The maximum absolute atomic E-state index is 5.07. The second kappa shape index (κ2) is 12.3. The lowest BCUT2D eigenvalue weighted by molar-refractivity contribution is 0.659. The summed E-state index contributed by atoms with van der Waals surface area (Å²) in [5, 5.41) is 5.04. The Kier molecular flexibility index (Phi) is 6.94. The van der Waals surface area contributed by atoms with Gasteiger partial charge in [-0.25, -0.2) is 0 Å². The Balaban J connectivity index is 1.09. The zero-order valence-electron chi connectivity index (χ0n) is 32.3. The normalized spacial score (nSPS) is 13.4. The summed E-state index contributed by atoms with van der Waals surface area (Å²) in [5.74, 6) is 0. The van der Waals surface area contributed by atoms with Crippen molar-refractivity contribution in [3.63, 3.8) is 0 Å². The minimum absolute atomic E-state index is 0.285. The fourth-order valence-electron chi connectivity index (χ4n) is 9.91. The van der Waals surface area contributed by atoms with Gasteiger partial charge in [0.05, 0.1) is 33.8 Å². The zero-order valence-corrected chi connectivity index (χ0v) is 32.3. The van der Waals surface area contributed by atoms with Crippen LogP contribution in [0, 0.1) is 0 Å². The van der Waals surface area contributed by atoms with E-state index in [9.17, 15) is 0 Å². The number of hydrogen-bond donors (Lipinski definition) is 0. The third-order valence-electron chi connectivity index (χ3n) is 12.5. The van der Waals surface area contributed by atoms with Gasteiger partial charge < -0.3 is 14.4 Å². The van der Waals surface area contributed by atoms with Crippen molar-refractivity contribution in [2.24, 2.45) is 0 Å².